The average molecular weight is 525 g/mol. The van der Waals surface area contributed by atoms with Gasteiger partial charge < -0.3 is 10.7 Å². The number of likely N-dealkylation sites (tertiary alicyclic amines) is 1. The number of nitriles is 1. The van der Waals surface area contributed by atoms with Crippen molar-refractivity contribution >= 4 is 6.72 Å². The Bertz CT molecular complexity index is 1210. The van der Waals surface area contributed by atoms with E-state index in [1.54, 1.807) is 0 Å². The summed E-state index contributed by atoms with van der Waals surface area (Å²) in [7, 11) is 0. The number of nitrogens with zero attached hydrogens (tertiary/aromatic N) is 3. The Kier molecular flexibility index (Phi) is 9.34. The summed E-state index contributed by atoms with van der Waals surface area (Å²) in [6.07, 6.45) is 10.3. The molecule has 4 rings (SSSR count). The predicted octanol–water partition coefficient (Wildman–Crippen LogP) is 8.01. The number of hydrogen-bond acceptors (Lipinski definition) is 4. The summed E-state index contributed by atoms with van der Waals surface area (Å²) >= 11 is 0. The van der Waals surface area contributed by atoms with Crippen LogP contribution in [0.2, 0.25) is 0 Å². The first kappa shape index (κ1) is 29.1. The van der Waals surface area contributed by atoms with Gasteiger partial charge in [0.05, 0.1) is 11.6 Å². The number of hydrogen-bond donors (Lipinski definition) is 1. The Morgan fingerprint density at radius 3 is 2.54 bits per heavy atom. The number of nitrogens with two attached hydrogens (primary N) is 1. The lowest BCUT2D eigenvalue weighted by Crippen LogP contribution is -2.57. The second-order valence-electron chi connectivity index (χ2n) is 12.6. The molecular formula is C35H48N4. The molecule has 1 aliphatic heterocycles. The average Bonchev–Trinajstić information content (AvgIpc) is 3.73. The quantitative estimate of drug-likeness (QED) is 0.240. The van der Waals surface area contributed by atoms with E-state index in [4.69, 9.17) is 5.73 Å². The highest BCUT2D eigenvalue weighted by Crippen LogP contribution is 2.47. The van der Waals surface area contributed by atoms with Crippen molar-refractivity contribution in [2.45, 2.75) is 91.0 Å². The van der Waals surface area contributed by atoms with Gasteiger partial charge >= 0.3 is 0 Å². The molecule has 4 heteroatoms. The van der Waals surface area contributed by atoms with Crippen molar-refractivity contribution < 1.29 is 0 Å². The van der Waals surface area contributed by atoms with Crippen LogP contribution in [-0.4, -0.2) is 31.3 Å². The Morgan fingerprint density at radius 1 is 1.18 bits per heavy atom. The fourth-order valence-electron chi connectivity index (χ4n) is 6.89. The maximum absolute atomic E-state index is 9.83. The van der Waals surface area contributed by atoms with E-state index >= 15 is 0 Å². The van der Waals surface area contributed by atoms with Crippen LogP contribution in [0.1, 0.15) is 100 Å². The number of aliphatic imine (C=N–C) groups is 1. The highest BCUT2D eigenvalue weighted by molar-refractivity contribution is 5.77. The minimum Gasteiger partial charge on any atom is -0.402 e. The largest absolute Gasteiger partial charge is 0.402 e. The van der Waals surface area contributed by atoms with Crippen molar-refractivity contribution in [3.05, 3.63) is 70.9 Å². The molecule has 0 aromatic heterocycles. The van der Waals surface area contributed by atoms with Crippen molar-refractivity contribution in [2.24, 2.45) is 21.6 Å². The van der Waals surface area contributed by atoms with Gasteiger partial charge in [-0.05, 0) is 85.0 Å². The zero-order valence-corrected chi connectivity index (χ0v) is 24.6. The molecule has 0 amide bonds. The molecule has 2 N–H and O–H groups in total. The lowest BCUT2D eigenvalue weighted by molar-refractivity contribution is -0.00820. The van der Waals surface area contributed by atoms with Gasteiger partial charge in [-0.3, -0.25) is 4.90 Å². The third-order valence-corrected chi connectivity index (χ3v) is 9.15. The van der Waals surface area contributed by atoms with Crippen molar-refractivity contribution in [3.63, 3.8) is 0 Å². The molecule has 1 atom stereocenters. The zero-order chi connectivity index (χ0) is 28.0. The van der Waals surface area contributed by atoms with Crippen molar-refractivity contribution in [3.8, 4) is 17.2 Å². The third kappa shape index (κ3) is 6.64. The van der Waals surface area contributed by atoms with Crippen LogP contribution in [0.3, 0.4) is 0 Å². The highest BCUT2D eigenvalue weighted by Gasteiger charge is 2.42. The van der Waals surface area contributed by atoms with E-state index in [0.717, 1.165) is 87.9 Å². The molecule has 2 aromatic carbocycles. The summed E-state index contributed by atoms with van der Waals surface area (Å²) in [5.74, 6) is 0.623. The molecule has 39 heavy (non-hydrogen) atoms. The summed E-state index contributed by atoms with van der Waals surface area (Å²) < 4.78 is 0. The van der Waals surface area contributed by atoms with Gasteiger partial charge in [0.25, 0.3) is 0 Å². The molecule has 2 aromatic rings. The zero-order valence-electron chi connectivity index (χ0n) is 24.6. The number of aryl methyl sites for hydroxylation is 1. The van der Waals surface area contributed by atoms with Gasteiger partial charge in [0.2, 0.25) is 0 Å². The molecule has 0 radical (unpaired) electrons. The summed E-state index contributed by atoms with van der Waals surface area (Å²) in [5.41, 5.74) is 14.8. The van der Waals surface area contributed by atoms with E-state index in [0.29, 0.717) is 5.92 Å². The molecule has 1 saturated heterocycles. The van der Waals surface area contributed by atoms with E-state index in [1.807, 2.05) is 12.1 Å². The maximum atomic E-state index is 9.83. The van der Waals surface area contributed by atoms with Gasteiger partial charge in [-0.1, -0.05) is 76.9 Å². The first-order chi connectivity index (χ1) is 18.8. The van der Waals surface area contributed by atoms with E-state index in [-0.39, 0.29) is 10.8 Å². The van der Waals surface area contributed by atoms with Crippen LogP contribution in [0.15, 0.2) is 53.7 Å². The predicted molar refractivity (Wildman–Crippen MR) is 165 cm³/mol. The first-order valence-corrected chi connectivity index (χ1v) is 15.0. The molecular weight excluding hydrogens is 476 g/mol. The third-order valence-electron chi connectivity index (χ3n) is 9.15. The van der Waals surface area contributed by atoms with Crippen LogP contribution in [0, 0.1) is 22.2 Å². The second kappa shape index (κ2) is 12.5. The van der Waals surface area contributed by atoms with Gasteiger partial charge in [-0.2, -0.15) is 5.26 Å². The van der Waals surface area contributed by atoms with Crippen molar-refractivity contribution in [1.82, 2.24) is 4.90 Å². The fourth-order valence-corrected chi connectivity index (χ4v) is 6.89. The number of benzene rings is 2. The van der Waals surface area contributed by atoms with Gasteiger partial charge in [0.15, 0.2) is 0 Å². The Balaban J connectivity index is 1.50. The Morgan fingerprint density at radius 2 is 1.92 bits per heavy atom. The molecule has 1 aliphatic carbocycles. The molecule has 4 nitrogen and oxygen atoms in total. The second-order valence-corrected chi connectivity index (χ2v) is 12.6. The van der Waals surface area contributed by atoms with Crippen molar-refractivity contribution in [1.29, 1.82) is 5.26 Å². The number of allylic oxidation sites excluding steroid dienone is 1. The van der Waals surface area contributed by atoms with Crippen molar-refractivity contribution in [2.75, 3.05) is 19.6 Å². The molecule has 0 spiro atoms. The van der Waals surface area contributed by atoms with Crippen LogP contribution in [0.25, 0.3) is 11.1 Å². The van der Waals surface area contributed by atoms with E-state index in [1.165, 1.54) is 35.1 Å². The molecule has 208 valence electrons. The molecule has 1 heterocycles. The van der Waals surface area contributed by atoms with Crippen LogP contribution < -0.4 is 5.73 Å². The molecule has 0 bridgehead atoms. The Hall–Kier alpha value is -2.90. The lowest BCUT2D eigenvalue weighted by Gasteiger charge is -2.50. The van der Waals surface area contributed by atoms with Crippen LogP contribution in [-0.2, 0) is 13.0 Å². The number of rotatable bonds is 15. The van der Waals surface area contributed by atoms with Gasteiger partial charge in [-0.15, -0.1) is 0 Å². The van der Waals surface area contributed by atoms with E-state index < -0.39 is 0 Å². The van der Waals surface area contributed by atoms with Crippen LogP contribution in [0.4, 0.5) is 0 Å². The van der Waals surface area contributed by atoms with Gasteiger partial charge in [0.1, 0.15) is 0 Å². The molecule has 2 aliphatic rings. The van der Waals surface area contributed by atoms with E-state index in [9.17, 15) is 5.26 Å². The van der Waals surface area contributed by atoms with Gasteiger partial charge in [0, 0.05) is 42.7 Å². The summed E-state index contributed by atoms with van der Waals surface area (Å²) in [6, 6.07) is 15.4. The first-order valence-electron chi connectivity index (χ1n) is 15.0. The van der Waals surface area contributed by atoms with E-state index in [2.05, 4.69) is 74.3 Å². The SMILES string of the molecule is C=NCC1(CCCC(C)(CCC)C(=C)N)CN(Cc2cc(CCC)c(-c3ccccc3C#N)c(C3CC3)c2)C1. The molecule has 2 fully saturated rings. The monoisotopic (exact) mass is 524 g/mol. The van der Waals surface area contributed by atoms with Crippen LogP contribution in [0.5, 0.6) is 0 Å². The lowest BCUT2D eigenvalue weighted by atomic mass is 9.72. The molecule has 1 unspecified atom stereocenters. The Labute approximate surface area is 237 Å². The highest BCUT2D eigenvalue weighted by atomic mass is 15.2. The summed E-state index contributed by atoms with van der Waals surface area (Å²) in [5, 5.41) is 9.83. The summed E-state index contributed by atoms with van der Waals surface area (Å²) in [4.78, 5) is 6.94. The fraction of sp³-hybridized carbons (Fsp3) is 0.543. The smallest absolute Gasteiger partial charge is 0.0998 e. The van der Waals surface area contributed by atoms with Gasteiger partial charge in [-0.25, -0.2) is 0 Å². The topological polar surface area (TPSA) is 65.4 Å². The summed E-state index contributed by atoms with van der Waals surface area (Å²) in [6.45, 7) is 18.6. The maximum Gasteiger partial charge on any atom is 0.0998 e. The van der Waals surface area contributed by atoms with Crippen LogP contribution >= 0.6 is 0 Å². The molecule has 1 saturated carbocycles. The normalized spacial score (nSPS) is 18.1. The standard InChI is InChI=1S/C35H48N4/c1-6-11-29-19-27(20-32(28-14-15-28)33(29)31-13-9-8-12-30(31)21-36)22-39-24-35(25-39,23-38-5)18-10-17-34(4,16-7-2)26(3)37/h8-9,12-13,19-20,28H,3,5-7,10-11,14-18,22-25,37H2,1-2,4H3. The minimum atomic E-state index is 0.0295. The minimum absolute atomic E-state index is 0.0295.